The molecule has 3 heteroatoms. The summed E-state index contributed by atoms with van der Waals surface area (Å²) in [6.07, 6.45) is -0.874. The van der Waals surface area contributed by atoms with E-state index in [9.17, 15) is 0 Å². The van der Waals surface area contributed by atoms with E-state index in [1.807, 2.05) is 0 Å². The molecule has 0 aliphatic carbocycles. The van der Waals surface area contributed by atoms with Gasteiger partial charge < -0.3 is 15.3 Å². The monoisotopic (exact) mass is 153 g/mol. The lowest BCUT2D eigenvalue weighted by Crippen LogP contribution is -1.89. The van der Waals surface area contributed by atoms with Crippen LogP contribution in [0.15, 0.2) is 18.2 Å². The Balaban J connectivity index is 3.05. The third-order valence-corrected chi connectivity index (χ3v) is 1.38. The van der Waals surface area contributed by atoms with Crippen molar-refractivity contribution in [3.63, 3.8) is 0 Å². The van der Waals surface area contributed by atoms with E-state index in [-0.39, 0.29) is 11.5 Å². The smallest absolute Gasteiger partial charge is 0.157 e. The largest absolute Gasteiger partial charge is 0.504 e. The fourth-order valence-corrected chi connectivity index (χ4v) is 0.748. The van der Waals surface area contributed by atoms with E-state index in [2.05, 4.69) is 6.92 Å². The number of aromatic hydroxyl groups is 2. The maximum atomic E-state index is 8.96. The first-order chi connectivity index (χ1) is 5.11. The molecule has 0 aliphatic rings. The number of rotatable bonds is 1. The second-order valence-corrected chi connectivity index (χ2v) is 2.26. The predicted molar refractivity (Wildman–Crippen MR) is 40.1 cm³/mol. The number of benzene rings is 1. The molecule has 1 radical (unpaired) electrons. The lowest BCUT2D eigenvalue weighted by atomic mass is 10.1. The normalized spacial score (nSPS) is 12.9. The average Bonchev–Trinajstić information content (AvgIpc) is 1.94. The molecule has 1 rings (SSSR count). The molecule has 0 fully saturated rings. The minimum atomic E-state index is -0.874. The van der Waals surface area contributed by atoms with Crippen molar-refractivity contribution < 1.29 is 15.3 Å². The van der Waals surface area contributed by atoms with Crippen LogP contribution in [0.5, 0.6) is 11.5 Å². The van der Waals surface area contributed by atoms with Crippen LogP contribution in [0.4, 0.5) is 0 Å². The molecular formula is C8H9O3. The Kier molecular flexibility index (Phi) is 2.01. The van der Waals surface area contributed by atoms with Gasteiger partial charge in [0.15, 0.2) is 11.5 Å². The minimum absolute atomic E-state index is 0.200. The highest BCUT2D eigenvalue weighted by Gasteiger charge is 2.03. The third-order valence-electron chi connectivity index (χ3n) is 1.38. The van der Waals surface area contributed by atoms with Crippen molar-refractivity contribution in [3.8, 4) is 11.5 Å². The van der Waals surface area contributed by atoms with E-state index in [0.717, 1.165) is 0 Å². The van der Waals surface area contributed by atoms with Crippen LogP contribution in [-0.4, -0.2) is 15.3 Å². The summed E-state index contributed by atoms with van der Waals surface area (Å²) in [4.78, 5) is 0. The Morgan fingerprint density at radius 1 is 1.18 bits per heavy atom. The number of hydrogen-bond donors (Lipinski definition) is 3. The van der Waals surface area contributed by atoms with E-state index < -0.39 is 6.10 Å². The zero-order chi connectivity index (χ0) is 8.43. The highest BCUT2D eigenvalue weighted by atomic mass is 16.3. The summed E-state index contributed by atoms with van der Waals surface area (Å²) in [7, 11) is 0. The highest BCUT2D eigenvalue weighted by Crippen LogP contribution is 2.27. The van der Waals surface area contributed by atoms with Crippen LogP contribution in [0.25, 0.3) is 0 Å². The number of phenols is 2. The van der Waals surface area contributed by atoms with Crippen LogP contribution in [0, 0.1) is 6.92 Å². The van der Waals surface area contributed by atoms with Crippen molar-refractivity contribution in [3.05, 3.63) is 30.7 Å². The Morgan fingerprint density at radius 3 is 2.27 bits per heavy atom. The van der Waals surface area contributed by atoms with Gasteiger partial charge in [0, 0.05) is 0 Å². The summed E-state index contributed by atoms with van der Waals surface area (Å²) < 4.78 is 0. The van der Waals surface area contributed by atoms with Gasteiger partial charge in [0.2, 0.25) is 0 Å². The molecule has 11 heavy (non-hydrogen) atoms. The van der Waals surface area contributed by atoms with Gasteiger partial charge in [-0.1, -0.05) is 6.07 Å². The fourth-order valence-electron chi connectivity index (χ4n) is 0.748. The van der Waals surface area contributed by atoms with Crippen LogP contribution < -0.4 is 0 Å². The molecule has 0 saturated heterocycles. The zero-order valence-electron chi connectivity index (χ0n) is 5.86. The molecule has 0 aliphatic heterocycles. The van der Waals surface area contributed by atoms with Gasteiger partial charge >= 0.3 is 0 Å². The summed E-state index contributed by atoms with van der Waals surface area (Å²) in [5.74, 6) is -0.445. The number of hydrogen-bond acceptors (Lipinski definition) is 3. The van der Waals surface area contributed by atoms with Crippen LogP contribution in [0.2, 0.25) is 0 Å². The molecule has 3 N–H and O–H groups in total. The molecule has 0 saturated carbocycles. The van der Waals surface area contributed by atoms with Gasteiger partial charge in [-0.2, -0.15) is 0 Å². The molecule has 0 amide bonds. The Labute approximate surface area is 64.5 Å². The van der Waals surface area contributed by atoms with E-state index >= 15 is 0 Å². The summed E-state index contributed by atoms with van der Waals surface area (Å²) in [6.45, 7) is 3.34. The molecule has 0 spiro atoms. The molecule has 59 valence electrons. The van der Waals surface area contributed by atoms with Gasteiger partial charge in [0.05, 0.1) is 6.10 Å². The Bertz CT molecular complexity index is 256. The lowest BCUT2D eigenvalue weighted by molar-refractivity contribution is 0.225. The summed E-state index contributed by atoms with van der Waals surface area (Å²) in [5.41, 5.74) is 0.473. The van der Waals surface area contributed by atoms with Gasteiger partial charge in [-0.15, -0.1) is 0 Å². The highest BCUT2D eigenvalue weighted by molar-refractivity contribution is 5.41. The van der Waals surface area contributed by atoms with Gasteiger partial charge in [-0.25, -0.2) is 0 Å². The molecule has 1 unspecified atom stereocenters. The molecular weight excluding hydrogens is 144 g/mol. The van der Waals surface area contributed by atoms with Crippen molar-refractivity contribution >= 4 is 0 Å². The second-order valence-electron chi connectivity index (χ2n) is 2.26. The molecule has 0 heterocycles. The Morgan fingerprint density at radius 2 is 1.82 bits per heavy atom. The van der Waals surface area contributed by atoms with Crippen LogP contribution in [0.3, 0.4) is 0 Å². The third kappa shape index (κ3) is 1.62. The van der Waals surface area contributed by atoms with Crippen molar-refractivity contribution in [2.75, 3.05) is 0 Å². The van der Waals surface area contributed by atoms with E-state index in [1.165, 1.54) is 18.2 Å². The molecule has 1 aromatic carbocycles. The van der Waals surface area contributed by atoms with Crippen LogP contribution in [0.1, 0.15) is 11.7 Å². The number of phenolic OH excluding ortho intramolecular Hbond substituents is 2. The van der Waals surface area contributed by atoms with Crippen molar-refractivity contribution in [1.82, 2.24) is 0 Å². The first kappa shape index (κ1) is 7.88. The number of aliphatic hydroxyl groups excluding tert-OH is 1. The Hall–Kier alpha value is -1.22. The van der Waals surface area contributed by atoms with Crippen molar-refractivity contribution in [2.45, 2.75) is 6.10 Å². The maximum absolute atomic E-state index is 8.96. The summed E-state index contributed by atoms with van der Waals surface area (Å²) in [6, 6.07) is 4.07. The van der Waals surface area contributed by atoms with Crippen LogP contribution >= 0.6 is 0 Å². The van der Waals surface area contributed by atoms with Gasteiger partial charge in [0.25, 0.3) is 0 Å². The fraction of sp³-hybridized carbons (Fsp3) is 0.125. The molecule has 0 bridgehead atoms. The first-order valence-corrected chi connectivity index (χ1v) is 3.14. The van der Waals surface area contributed by atoms with Gasteiger partial charge in [-0.05, 0) is 24.6 Å². The topological polar surface area (TPSA) is 60.7 Å². The minimum Gasteiger partial charge on any atom is -0.504 e. The van der Waals surface area contributed by atoms with Crippen LogP contribution in [-0.2, 0) is 0 Å². The molecule has 0 aromatic heterocycles. The van der Waals surface area contributed by atoms with E-state index in [0.29, 0.717) is 5.56 Å². The lowest BCUT2D eigenvalue weighted by Gasteiger charge is -2.04. The maximum Gasteiger partial charge on any atom is 0.157 e. The molecule has 1 aromatic rings. The average molecular weight is 153 g/mol. The van der Waals surface area contributed by atoms with E-state index in [4.69, 9.17) is 15.3 Å². The number of aliphatic hydroxyl groups is 1. The van der Waals surface area contributed by atoms with Gasteiger partial charge in [-0.3, -0.25) is 0 Å². The molecule has 3 nitrogen and oxygen atoms in total. The molecule has 1 atom stereocenters. The SMILES string of the molecule is [CH2]C(O)c1ccc(O)c(O)c1. The van der Waals surface area contributed by atoms with Crippen molar-refractivity contribution in [2.24, 2.45) is 0 Å². The summed E-state index contributed by atoms with van der Waals surface area (Å²) >= 11 is 0. The van der Waals surface area contributed by atoms with E-state index in [1.54, 1.807) is 0 Å². The van der Waals surface area contributed by atoms with Crippen molar-refractivity contribution in [1.29, 1.82) is 0 Å². The second kappa shape index (κ2) is 2.80. The predicted octanol–water partition coefficient (Wildman–Crippen LogP) is 0.965. The van der Waals surface area contributed by atoms with Gasteiger partial charge in [0.1, 0.15) is 0 Å². The summed E-state index contributed by atoms with van der Waals surface area (Å²) in [5, 5.41) is 26.8. The zero-order valence-corrected chi connectivity index (χ0v) is 5.86. The first-order valence-electron chi connectivity index (χ1n) is 3.14. The quantitative estimate of drug-likeness (QED) is 0.527. The standard InChI is InChI=1S/C8H9O3/c1-5(9)6-2-3-7(10)8(11)4-6/h2-5,9-11H,1H2.